The Kier molecular flexibility index (Phi) is 3.58. The van der Waals surface area contributed by atoms with Gasteiger partial charge in [-0.3, -0.25) is 0 Å². The molecule has 7 heteroatoms. The monoisotopic (exact) mass is 335 g/mol. The maximum atomic E-state index is 6.14. The first kappa shape index (κ1) is 13.0. The Bertz CT molecular complexity index is 523. The summed E-state index contributed by atoms with van der Waals surface area (Å²) in [5.74, 6) is 1.18. The van der Waals surface area contributed by atoms with Crippen molar-refractivity contribution in [1.82, 2.24) is 10.1 Å². The Balaban J connectivity index is 0.00000108. The molecule has 17 heavy (non-hydrogen) atoms. The summed E-state index contributed by atoms with van der Waals surface area (Å²) in [5.41, 5.74) is 5.78. The lowest BCUT2D eigenvalue weighted by molar-refractivity contribution is 0.229. The largest absolute Gasteiger partial charge is 0.333 e. The quantitative estimate of drug-likeness (QED) is 0.913. The van der Waals surface area contributed by atoms with Crippen molar-refractivity contribution in [2.75, 3.05) is 0 Å². The standard InChI is InChI=1S/C10H10BrN3OS.ClH/c11-6-2-5-16-7(6)8-13-9(14-15-8)10(12)3-1-4-10;/h2,5H,1,3-4,12H2;1H. The number of aromatic nitrogens is 2. The van der Waals surface area contributed by atoms with Gasteiger partial charge in [-0.05, 0) is 46.6 Å². The molecule has 1 aliphatic carbocycles. The average molecular weight is 337 g/mol. The Morgan fingerprint density at radius 3 is 2.76 bits per heavy atom. The van der Waals surface area contributed by atoms with Gasteiger partial charge >= 0.3 is 0 Å². The minimum Gasteiger partial charge on any atom is -0.333 e. The molecule has 0 aliphatic heterocycles. The highest BCUT2D eigenvalue weighted by Crippen LogP contribution is 2.39. The molecule has 2 aromatic heterocycles. The van der Waals surface area contributed by atoms with Crippen molar-refractivity contribution in [3.8, 4) is 10.8 Å². The van der Waals surface area contributed by atoms with Gasteiger partial charge in [0.15, 0.2) is 5.82 Å². The van der Waals surface area contributed by atoms with Gasteiger partial charge in [0.05, 0.1) is 5.54 Å². The summed E-state index contributed by atoms with van der Waals surface area (Å²) in [5, 5.41) is 5.96. The maximum Gasteiger partial charge on any atom is 0.269 e. The van der Waals surface area contributed by atoms with Crippen molar-refractivity contribution in [2.45, 2.75) is 24.8 Å². The van der Waals surface area contributed by atoms with Crippen LogP contribution < -0.4 is 5.73 Å². The van der Waals surface area contributed by atoms with Crippen LogP contribution in [0.15, 0.2) is 20.4 Å². The molecule has 3 rings (SSSR count). The number of nitrogens with zero attached hydrogens (tertiary/aromatic N) is 2. The average Bonchev–Trinajstić information content (AvgIpc) is 2.82. The van der Waals surface area contributed by atoms with Crippen molar-refractivity contribution < 1.29 is 4.52 Å². The number of halogens is 2. The lowest BCUT2D eigenvalue weighted by Gasteiger charge is -2.34. The third-order valence-corrected chi connectivity index (χ3v) is 4.75. The molecule has 0 saturated heterocycles. The van der Waals surface area contributed by atoms with Crippen LogP contribution in [0.3, 0.4) is 0 Å². The normalized spacial score (nSPS) is 17.3. The molecule has 2 aromatic rings. The summed E-state index contributed by atoms with van der Waals surface area (Å²) in [6.07, 6.45) is 3.03. The first-order chi connectivity index (χ1) is 7.69. The predicted octanol–water partition coefficient (Wildman–Crippen LogP) is 3.32. The molecule has 0 radical (unpaired) electrons. The van der Waals surface area contributed by atoms with Gasteiger partial charge in [0.2, 0.25) is 0 Å². The van der Waals surface area contributed by atoms with E-state index in [4.69, 9.17) is 10.3 Å². The zero-order chi connectivity index (χ0) is 11.2. The number of hydrogen-bond acceptors (Lipinski definition) is 5. The van der Waals surface area contributed by atoms with Gasteiger partial charge < -0.3 is 10.3 Å². The zero-order valence-electron chi connectivity index (χ0n) is 8.85. The van der Waals surface area contributed by atoms with Gasteiger partial charge in [-0.2, -0.15) is 4.98 Å². The number of thiophene rings is 1. The molecule has 2 N–H and O–H groups in total. The third-order valence-electron chi connectivity index (χ3n) is 2.93. The Labute approximate surface area is 117 Å². The minimum absolute atomic E-state index is 0. The molecule has 2 heterocycles. The highest BCUT2D eigenvalue weighted by atomic mass is 79.9. The van der Waals surface area contributed by atoms with E-state index >= 15 is 0 Å². The first-order valence-corrected chi connectivity index (χ1v) is 6.73. The Morgan fingerprint density at radius 2 is 2.24 bits per heavy atom. The molecule has 0 atom stereocenters. The van der Waals surface area contributed by atoms with E-state index in [-0.39, 0.29) is 17.9 Å². The highest BCUT2D eigenvalue weighted by Gasteiger charge is 2.39. The van der Waals surface area contributed by atoms with E-state index in [9.17, 15) is 0 Å². The van der Waals surface area contributed by atoms with E-state index < -0.39 is 0 Å². The van der Waals surface area contributed by atoms with Gasteiger partial charge in [-0.25, -0.2) is 0 Å². The van der Waals surface area contributed by atoms with Crippen molar-refractivity contribution >= 4 is 39.7 Å². The molecular formula is C10H11BrClN3OS. The van der Waals surface area contributed by atoms with Crippen LogP contribution in [-0.4, -0.2) is 10.1 Å². The van der Waals surface area contributed by atoms with Crippen LogP contribution in [-0.2, 0) is 5.54 Å². The first-order valence-electron chi connectivity index (χ1n) is 5.05. The van der Waals surface area contributed by atoms with Crippen molar-refractivity contribution in [2.24, 2.45) is 5.73 Å². The second kappa shape index (κ2) is 4.68. The number of nitrogens with two attached hydrogens (primary N) is 1. The van der Waals surface area contributed by atoms with Crippen molar-refractivity contribution in [1.29, 1.82) is 0 Å². The van der Waals surface area contributed by atoms with E-state index in [1.165, 1.54) is 0 Å². The van der Waals surface area contributed by atoms with E-state index in [1.807, 2.05) is 11.4 Å². The Morgan fingerprint density at radius 1 is 1.47 bits per heavy atom. The fraction of sp³-hybridized carbons (Fsp3) is 0.400. The van der Waals surface area contributed by atoms with Crippen LogP contribution in [0.1, 0.15) is 25.1 Å². The van der Waals surface area contributed by atoms with Gasteiger partial charge in [0.1, 0.15) is 4.88 Å². The van der Waals surface area contributed by atoms with Crippen molar-refractivity contribution in [3.63, 3.8) is 0 Å². The molecule has 0 unspecified atom stereocenters. The van der Waals surface area contributed by atoms with E-state index in [0.29, 0.717) is 11.7 Å². The van der Waals surface area contributed by atoms with Crippen LogP contribution in [0, 0.1) is 0 Å². The van der Waals surface area contributed by atoms with Crippen LogP contribution in [0.5, 0.6) is 0 Å². The number of hydrogen-bond donors (Lipinski definition) is 1. The van der Waals surface area contributed by atoms with Crippen LogP contribution in [0.4, 0.5) is 0 Å². The second-order valence-electron chi connectivity index (χ2n) is 4.03. The fourth-order valence-corrected chi connectivity index (χ4v) is 3.21. The van der Waals surface area contributed by atoms with Gasteiger partial charge in [0, 0.05) is 4.47 Å². The van der Waals surface area contributed by atoms with Crippen LogP contribution in [0.25, 0.3) is 10.8 Å². The SMILES string of the molecule is Cl.NC1(c2noc(-c3sccc3Br)n2)CCC1. The zero-order valence-corrected chi connectivity index (χ0v) is 12.1. The van der Waals surface area contributed by atoms with Gasteiger partial charge in [-0.15, -0.1) is 23.7 Å². The summed E-state index contributed by atoms with van der Waals surface area (Å²) in [6, 6.07) is 1.96. The highest BCUT2D eigenvalue weighted by molar-refractivity contribution is 9.10. The molecular weight excluding hydrogens is 326 g/mol. The fourth-order valence-electron chi connectivity index (χ4n) is 1.75. The van der Waals surface area contributed by atoms with Gasteiger partial charge in [0.25, 0.3) is 5.89 Å². The molecule has 92 valence electrons. The lowest BCUT2D eigenvalue weighted by Crippen LogP contribution is -2.44. The van der Waals surface area contributed by atoms with E-state index in [1.54, 1.807) is 11.3 Å². The summed E-state index contributed by atoms with van der Waals surface area (Å²) < 4.78 is 6.23. The Hall–Kier alpha value is -0.430. The molecule has 0 bridgehead atoms. The molecule has 1 saturated carbocycles. The topological polar surface area (TPSA) is 64.9 Å². The lowest BCUT2D eigenvalue weighted by atomic mass is 9.77. The summed E-state index contributed by atoms with van der Waals surface area (Å²) >= 11 is 5.01. The van der Waals surface area contributed by atoms with E-state index in [0.717, 1.165) is 28.6 Å². The van der Waals surface area contributed by atoms with Gasteiger partial charge in [-0.1, -0.05) is 5.16 Å². The molecule has 1 fully saturated rings. The number of rotatable bonds is 2. The molecule has 0 aromatic carbocycles. The molecule has 0 spiro atoms. The summed E-state index contributed by atoms with van der Waals surface area (Å²) in [6.45, 7) is 0. The maximum absolute atomic E-state index is 6.14. The minimum atomic E-state index is -0.356. The predicted molar refractivity (Wildman–Crippen MR) is 72.3 cm³/mol. The molecule has 0 amide bonds. The van der Waals surface area contributed by atoms with Crippen LogP contribution >= 0.6 is 39.7 Å². The third kappa shape index (κ3) is 2.14. The van der Waals surface area contributed by atoms with Crippen LogP contribution in [0.2, 0.25) is 0 Å². The smallest absolute Gasteiger partial charge is 0.269 e. The molecule has 1 aliphatic rings. The van der Waals surface area contributed by atoms with Crippen molar-refractivity contribution in [3.05, 3.63) is 21.7 Å². The van der Waals surface area contributed by atoms with E-state index in [2.05, 4.69) is 26.1 Å². The second-order valence-corrected chi connectivity index (χ2v) is 5.80. The summed E-state index contributed by atoms with van der Waals surface area (Å²) in [4.78, 5) is 5.34. The molecule has 4 nitrogen and oxygen atoms in total. The summed E-state index contributed by atoms with van der Waals surface area (Å²) in [7, 11) is 0.